The van der Waals surface area contributed by atoms with Crippen molar-refractivity contribution in [2.75, 3.05) is 11.1 Å². The van der Waals surface area contributed by atoms with Gasteiger partial charge < -0.3 is 11.1 Å². The summed E-state index contributed by atoms with van der Waals surface area (Å²) in [5, 5.41) is 3.29. The minimum Gasteiger partial charge on any atom is -0.397 e. The van der Waals surface area contributed by atoms with Gasteiger partial charge in [0.05, 0.1) is 11.4 Å². The fraction of sp³-hybridized carbons (Fsp3) is 0.364. The molecular weight excluding hydrogens is 212 g/mol. The largest absolute Gasteiger partial charge is 0.397 e. The smallest absolute Gasteiger partial charge is 0.224 e. The van der Waals surface area contributed by atoms with Crippen molar-refractivity contribution in [3.05, 3.63) is 23.2 Å². The summed E-state index contributed by atoms with van der Waals surface area (Å²) < 4.78 is 0. The monoisotopic (exact) mass is 226 g/mol. The van der Waals surface area contributed by atoms with Crippen molar-refractivity contribution in [3.63, 3.8) is 0 Å². The summed E-state index contributed by atoms with van der Waals surface area (Å²) in [5.74, 6) is 0.282. The van der Waals surface area contributed by atoms with Crippen LogP contribution in [0.15, 0.2) is 18.2 Å². The number of carbonyl (C=O) groups excluding carboxylic acids is 1. The van der Waals surface area contributed by atoms with Gasteiger partial charge in [-0.25, -0.2) is 0 Å². The Hall–Kier alpha value is -1.22. The fourth-order valence-electron chi connectivity index (χ4n) is 1.21. The average molecular weight is 227 g/mol. The highest BCUT2D eigenvalue weighted by Gasteiger charge is 2.07. The van der Waals surface area contributed by atoms with Crippen molar-refractivity contribution in [1.82, 2.24) is 0 Å². The number of rotatable bonds is 3. The normalized spacial score (nSPS) is 10.4. The van der Waals surface area contributed by atoms with Crippen LogP contribution >= 0.6 is 11.6 Å². The first-order chi connectivity index (χ1) is 6.99. The molecule has 1 aromatic rings. The molecule has 1 amide bonds. The molecule has 0 fully saturated rings. The summed E-state index contributed by atoms with van der Waals surface area (Å²) in [6.45, 7) is 3.97. The first-order valence-electron chi connectivity index (χ1n) is 4.84. The van der Waals surface area contributed by atoms with Crippen molar-refractivity contribution in [2.24, 2.45) is 5.92 Å². The Balaban J connectivity index is 2.71. The van der Waals surface area contributed by atoms with E-state index in [0.717, 1.165) is 0 Å². The molecule has 3 N–H and O–H groups in total. The number of hydrogen-bond donors (Lipinski definition) is 2. The molecule has 0 aliphatic carbocycles. The van der Waals surface area contributed by atoms with Crippen LogP contribution in [0.25, 0.3) is 0 Å². The molecule has 0 aromatic heterocycles. The SMILES string of the molecule is CC(C)CC(=O)Nc1cc(Cl)ccc1N. The van der Waals surface area contributed by atoms with Gasteiger partial charge in [-0.3, -0.25) is 4.79 Å². The Morgan fingerprint density at radius 2 is 2.20 bits per heavy atom. The second kappa shape index (κ2) is 5.03. The summed E-state index contributed by atoms with van der Waals surface area (Å²) in [7, 11) is 0. The van der Waals surface area contributed by atoms with E-state index in [9.17, 15) is 4.79 Å². The maximum absolute atomic E-state index is 11.5. The molecule has 0 bridgehead atoms. The molecule has 0 spiro atoms. The van der Waals surface area contributed by atoms with E-state index in [4.69, 9.17) is 17.3 Å². The van der Waals surface area contributed by atoms with E-state index in [-0.39, 0.29) is 5.91 Å². The number of nitrogen functional groups attached to an aromatic ring is 1. The van der Waals surface area contributed by atoms with Crippen molar-refractivity contribution < 1.29 is 4.79 Å². The number of amides is 1. The van der Waals surface area contributed by atoms with Crippen LogP contribution in [0.2, 0.25) is 5.02 Å². The van der Waals surface area contributed by atoms with Crippen molar-refractivity contribution in [3.8, 4) is 0 Å². The lowest BCUT2D eigenvalue weighted by Crippen LogP contribution is -2.14. The molecule has 0 radical (unpaired) electrons. The maximum atomic E-state index is 11.5. The highest BCUT2D eigenvalue weighted by molar-refractivity contribution is 6.31. The molecule has 0 saturated heterocycles. The average Bonchev–Trinajstić information content (AvgIpc) is 2.10. The van der Waals surface area contributed by atoms with Gasteiger partial charge in [-0.05, 0) is 24.1 Å². The Kier molecular flexibility index (Phi) is 3.97. The molecule has 82 valence electrons. The van der Waals surface area contributed by atoms with E-state index < -0.39 is 0 Å². The lowest BCUT2D eigenvalue weighted by atomic mass is 10.1. The Morgan fingerprint density at radius 3 is 2.80 bits per heavy atom. The van der Waals surface area contributed by atoms with Crippen LogP contribution in [-0.2, 0) is 4.79 Å². The van der Waals surface area contributed by atoms with Crippen LogP contribution in [0.4, 0.5) is 11.4 Å². The Labute approximate surface area is 94.6 Å². The standard InChI is InChI=1S/C11H15ClN2O/c1-7(2)5-11(15)14-10-6-8(12)3-4-9(10)13/h3-4,6-7H,5,13H2,1-2H3,(H,14,15). The van der Waals surface area contributed by atoms with Crippen LogP contribution < -0.4 is 11.1 Å². The van der Waals surface area contributed by atoms with E-state index in [2.05, 4.69) is 5.32 Å². The molecule has 0 saturated carbocycles. The molecule has 1 aromatic carbocycles. The number of halogens is 1. The van der Waals surface area contributed by atoms with Crippen LogP contribution in [0.1, 0.15) is 20.3 Å². The Morgan fingerprint density at radius 1 is 1.53 bits per heavy atom. The third kappa shape index (κ3) is 3.80. The lowest BCUT2D eigenvalue weighted by Gasteiger charge is -2.09. The van der Waals surface area contributed by atoms with Gasteiger partial charge in [0, 0.05) is 11.4 Å². The predicted molar refractivity (Wildman–Crippen MR) is 63.9 cm³/mol. The minimum atomic E-state index is -0.0426. The predicted octanol–water partition coefficient (Wildman–Crippen LogP) is 2.91. The van der Waals surface area contributed by atoms with E-state index in [1.165, 1.54) is 0 Å². The highest BCUT2D eigenvalue weighted by Crippen LogP contribution is 2.23. The quantitative estimate of drug-likeness (QED) is 0.779. The zero-order valence-electron chi connectivity index (χ0n) is 8.88. The zero-order valence-corrected chi connectivity index (χ0v) is 9.64. The fourth-order valence-corrected chi connectivity index (χ4v) is 1.38. The molecule has 0 aliphatic heterocycles. The number of carbonyl (C=O) groups is 1. The van der Waals surface area contributed by atoms with Crippen molar-refractivity contribution in [1.29, 1.82) is 0 Å². The van der Waals surface area contributed by atoms with E-state index in [1.807, 2.05) is 13.8 Å². The molecule has 15 heavy (non-hydrogen) atoms. The van der Waals surface area contributed by atoms with Gasteiger partial charge in [0.15, 0.2) is 0 Å². The number of hydrogen-bond acceptors (Lipinski definition) is 2. The van der Waals surface area contributed by atoms with Gasteiger partial charge in [0.25, 0.3) is 0 Å². The third-order valence-corrected chi connectivity index (χ3v) is 2.12. The number of anilines is 2. The summed E-state index contributed by atoms with van der Waals surface area (Å²) in [5.41, 5.74) is 6.80. The van der Waals surface area contributed by atoms with Crippen LogP contribution in [0.3, 0.4) is 0 Å². The summed E-state index contributed by atoms with van der Waals surface area (Å²) >= 11 is 5.80. The summed E-state index contributed by atoms with van der Waals surface area (Å²) in [4.78, 5) is 11.5. The number of nitrogens with one attached hydrogen (secondary N) is 1. The van der Waals surface area contributed by atoms with Crippen LogP contribution in [0, 0.1) is 5.92 Å². The summed E-state index contributed by atoms with van der Waals surface area (Å²) in [6.07, 6.45) is 0.478. The summed E-state index contributed by atoms with van der Waals surface area (Å²) in [6, 6.07) is 5.01. The second-order valence-corrected chi connectivity index (χ2v) is 4.31. The van der Waals surface area contributed by atoms with Gasteiger partial charge in [-0.2, -0.15) is 0 Å². The molecule has 0 heterocycles. The van der Waals surface area contributed by atoms with Gasteiger partial charge in [0.1, 0.15) is 0 Å². The van der Waals surface area contributed by atoms with Crippen LogP contribution in [-0.4, -0.2) is 5.91 Å². The van der Waals surface area contributed by atoms with E-state index in [1.54, 1.807) is 18.2 Å². The first kappa shape index (κ1) is 11.9. The van der Waals surface area contributed by atoms with Gasteiger partial charge in [0.2, 0.25) is 5.91 Å². The van der Waals surface area contributed by atoms with Crippen molar-refractivity contribution >= 4 is 28.9 Å². The maximum Gasteiger partial charge on any atom is 0.224 e. The minimum absolute atomic E-state index is 0.0426. The van der Waals surface area contributed by atoms with Gasteiger partial charge >= 0.3 is 0 Å². The zero-order chi connectivity index (χ0) is 11.4. The molecule has 1 rings (SSSR count). The van der Waals surface area contributed by atoms with Gasteiger partial charge in [-0.15, -0.1) is 0 Å². The first-order valence-corrected chi connectivity index (χ1v) is 5.21. The highest BCUT2D eigenvalue weighted by atomic mass is 35.5. The molecule has 4 heteroatoms. The van der Waals surface area contributed by atoms with E-state index >= 15 is 0 Å². The van der Waals surface area contributed by atoms with E-state index in [0.29, 0.717) is 28.7 Å². The second-order valence-electron chi connectivity index (χ2n) is 3.88. The topological polar surface area (TPSA) is 55.1 Å². The molecular formula is C11H15ClN2O. The molecule has 0 atom stereocenters. The number of nitrogens with two attached hydrogens (primary N) is 1. The van der Waals surface area contributed by atoms with Gasteiger partial charge in [-0.1, -0.05) is 25.4 Å². The molecule has 0 unspecified atom stereocenters. The third-order valence-electron chi connectivity index (χ3n) is 1.88. The molecule has 3 nitrogen and oxygen atoms in total. The Bertz CT molecular complexity index is 364. The van der Waals surface area contributed by atoms with Crippen molar-refractivity contribution in [2.45, 2.75) is 20.3 Å². The number of benzene rings is 1. The molecule has 0 aliphatic rings. The van der Waals surface area contributed by atoms with Crippen LogP contribution in [0.5, 0.6) is 0 Å². The lowest BCUT2D eigenvalue weighted by molar-refractivity contribution is -0.116.